The lowest BCUT2D eigenvalue weighted by atomic mass is 9.91. The van der Waals surface area contributed by atoms with Crippen molar-refractivity contribution in [2.45, 2.75) is 31.5 Å². The number of nitrogens with zero attached hydrogens (tertiary/aromatic N) is 1. The highest BCUT2D eigenvalue weighted by atomic mass is 19.4. The molecule has 0 aliphatic carbocycles. The van der Waals surface area contributed by atoms with Crippen LogP contribution in [0.5, 0.6) is 5.75 Å². The summed E-state index contributed by atoms with van der Waals surface area (Å²) < 4.78 is 43.6. The molecule has 0 saturated carbocycles. The van der Waals surface area contributed by atoms with E-state index >= 15 is 0 Å². The van der Waals surface area contributed by atoms with Gasteiger partial charge in [0.25, 0.3) is 0 Å². The molecule has 24 heavy (non-hydrogen) atoms. The van der Waals surface area contributed by atoms with Crippen molar-refractivity contribution in [3.05, 3.63) is 29.8 Å². The second-order valence-corrected chi connectivity index (χ2v) is 5.91. The molecule has 0 unspecified atom stereocenters. The van der Waals surface area contributed by atoms with Gasteiger partial charge in [-0.2, -0.15) is 13.2 Å². The molecule has 1 aromatic rings. The lowest BCUT2D eigenvalue weighted by Crippen LogP contribution is -2.56. The number of hydrogen-bond acceptors (Lipinski definition) is 3. The number of aliphatic hydroxyl groups is 1. The summed E-state index contributed by atoms with van der Waals surface area (Å²) in [5.41, 5.74) is -1.59. The van der Waals surface area contributed by atoms with Crippen LogP contribution in [0.25, 0.3) is 0 Å². The second kappa shape index (κ2) is 7.29. The van der Waals surface area contributed by atoms with Gasteiger partial charge in [0.1, 0.15) is 12.4 Å². The van der Waals surface area contributed by atoms with Gasteiger partial charge in [0.2, 0.25) is 0 Å². The predicted octanol–water partition coefficient (Wildman–Crippen LogP) is 2.47. The van der Waals surface area contributed by atoms with E-state index in [2.05, 4.69) is 5.32 Å². The average molecular weight is 346 g/mol. The third-order valence-corrected chi connectivity index (χ3v) is 4.07. The number of rotatable bonds is 4. The summed E-state index contributed by atoms with van der Waals surface area (Å²) in [6.07, 6.45) is -5.69. The van der Waals surface area contributed by atoms with Crippen LogP contribution >= 0.6 is 0 Å². The van der Waals surface area contributed by atoms with Crippen LogP contribution in [-0.2, 0) is 0 Å². The number of aryl methyl sites for hydroxylation is 1. The van der Waals surface area contributed by atoms with Crippen LogP contribution in [0, 0.1) is 6.92 Å². The largest absolute Gasteiger partial charge is 0.492 e. The Balaban J connectivity index is 1.69. The Morgan fingerprint density at radius 2 is 1.88 bits per heavy atom. The molecule has 0 radical (unpaired) electrons. The first-order valence-corrected chi connectivity index (χ1v) is 7.73. The Hall–Kier alpha value is -1.96. The minimum Gasteiger partial charge on any atom is -0.492 e. The number of nitrogens with one attached hydrogen (secondary N) is 1. The first-order chi connectivity index (χ1) is 11.2. The third kappa shape index (κ3) is 4.53. The summed E-state index contributed by atoms with van der Waals surface area (Å²) in [6, 6.07) is 7.00. The Bertz CT molecular complexity index is 553. The molecule has 2 amide bonds. The van der Waals surface area contributed by atoms with E-state index in [4.69, 9.17) is 4.74 Å². The fourth-order valence-electron chi connectivity index (χ4n) is 2.44. The molecule has 5 nitrogen and oxygen atoms in total. The quantitative estimate of drug-likeness (QED) is 0.824. The fraction of sp³-hybridized carbons (Fsp3) is 0.562. The Labute approximate surface area is 138 Å². The number of piperidine rings is 1. The second-order valence-electron chi connectivity index (χ2n) is 5.91. The van der Waals surface area contributed by atoms with E-state index in [9.17, 15) is 23.1 Å². The van der Waals surface area contributed by atoms with E-state index in [1.165, 1.54) is 4.90 Å². The minimum absolute atomic E-state index is 0.138. The van der Waals surface area contributed by atoms with E-state index in [1.807, 2.05) is 31.2 Å². The lowest BCUT2D eigenvalue weighted by Gasteiger charge is -2.38. The summed E-state index contributed by atoms with van der Waals surface area (Å²) in [7, 11) is 0. The van der Waals surface area contributed by atoms with Crippen LogP contribution in [0.3, 0.4) is 0 Å². The summed E-state index contributed by atoms with van der Waals surface area (Å²) in [6.45, 7) is 2.19. The number of amides is 2. The monoisotopic (exact) mass is 346 g/mol. The highest BCUT2D eigenvalue weighted by molar-refractivity contribution is 5.74. The van der Waals surface area contributed by atoms with Crippen molar-refractivity contribution in [3.8, 4) is 5.75 Å². The van der Waals surface area contributed by atoms with Gasteiger partial charge in [-0.1, -0.05) is 17.7 Å². The number of benzene rings is 1. The average Bonchev–Trinajstić information content (AvgIpc) is 2.52. The molecule has 0 bridgehead atoms. The topological polar surface area (TPSA) is 61.8 Å². The molecule has 1 heterocycles. The summed E-state index contributed by atoms with van der Waals surface area (Å²) in [5.74, 6) is 0.683. The van der Waals surface area contributed by atoms with Crippen LogP contribution in [0.4, 0.5) is 18.0 Å². The molecule has 0 atom stereocenters. The molecule has 1 saturated heterocycles. The van der Waals surface area contributed by atoms with Gasteiger partial charge in [0.05, 0.1) is 6.54 Å². The van der Waals surface area contributed by atoms with Crippen molar-refractivity contribution in [2.75, 3.05) is 26.2 Å². The Morgan fingerprint density at radius 1 is 1.29 bits per heavy atom. The molecule has 2 N–H and O–H groups in total. The molecule has 1 fully saturated rings. The maximum Gasteiger partial charge on any atom is 0.417 e. The standard InChI is InChI=1S/C16H21F3N2O3/c1-12-2-4-13(5-3-12)24-11-8-20-14(22)21-9-6-15(23,7-10-21)16(17,18)19/h2-5,23H,6-11H2,1H3,(H,20,22). The van der Waals surface area contributed by atoms with E-state index in [-0.39, 0.29) is 26.2 Å². The van der Waals surface area contributed by atoms with Gasteiger partial charge >= 0.3 is 12.2 Å². The van der Waals surface area contributed by atoms with Crippen LogP contribution in [0.2, 0.25) is 0 Å². The lowest BCUT2D eigenvalue weighted by molar-refractivity contribution is -0.271. The third-order valence-electron chi connectivity index (χ3n) is 4.07. The van der Waals surface area contributed by atoms with Crippen LogP contribution < -0.4 is 10.1 Å². The molecule has 1 aromatic carbocycles. The molecule has 1 aliphatic rings. The van der Waals surface area contributed by atoms with E-state index in [0.717, 1.165) is 5.56 Å². The molecule has 0 aromatic heterocycles. The number of carbonyl (C=O) groups is 1. The Kier molecular flexibility index (Phi) is 5.58. The zero-order chi connectivity index (χ0) is 17.8. The zero-order valence-electron chi connectivity index (χ0n) is 13.4. The number of hydrogen-bond donors (Lipinski definition) is 2. The predicted molar refractivity (Wildman–Crippen MR) is 81.9 cm³/mol. The van der Waals surface area contributed by atoms with Gasteiger partial charge in [0.15, 0.2) is 5.60 Å². The van der Waals surface area contributed by atoms with Crippen molar-refractivity contribution in [1.29, 1.82) is 0 Å². The van der Waals surface area contributed by atoms with Gasteiger partial charge in [-0.05, 0) is 19.1 Å². The van der Waals surface area contributed by atoms with E-state index in [1.54, 1.807) is 0 Å². The van der Waals surface area contributed by atoms with Crippen molar-refractivity contribution < 1.29 is 27.8 Å². The molecule has 2 rings (SSSR count). The zero-order valence-corrected chi connectivity index (χ0v) is 13.4. The first kappa shape index (κ1) is 18.4. The van der Waals surface area contributed by atoms with Crippen molar-refractivity contribution in [1.82, 2.24) is 10.2 Å². The number of ether oxygens (including phenoxy) is 1. The smallest absolute Gasteiger partial charge is 0.417 e. The molecule has 8 heteroatoms. The molecule has 0 spiro atoms. The molecular formula is C16H21F3N2O3. The minimum atomic E-state index is -4.67. The highest BCUT2D eigenvalue weighted by Gasteiger charge is 2.54. The van der Waals surface area contributed by atoms with Crippen LogP contribution in [0.1, 0.15) is 18.4 Å². The normalized spacial score (nSPS) is 17.5. The van der Waals surface area contributed by atoms with Gasteiger partial charge < -0.3 is 20.1 Å². The van der Waals surface area contributed by atoms with Crippen molar-refractivity contribution in [3.63, 3.8) is 0 Å². The SMILES string of the molecule is Cc1ccc(OCCNC(=O)N2CCC(O)(C(F)(F)F)CC2)cc1. The summed E-state index contributed by atoms with van der Waals surface area (Å²) in [4.78, 5) is 13.2. The number of halogens is 3. The molecule has 134 valence electrons. The summed E-state index contributed by atoms with van der Waals surface area (Å²) >= 11 is 0. The Morgan fingerprint density at radius 3 is 2.42 bits per heavy atom. The van der Waals surface area contributed by atoms with Gasteiger partial charge in [-0.25, -0.2) is 4.79 Å². The van der Waals surface area contributed by atoms with E-state index < -0.39 is 30.7 Å². The first-order valence-electron chi connectivity index (χ1n) is 7.73. The van der Waals surface area contributed by atoms with E-state index in [0.29, 0.717) is 5.75 Å². The number of alkyl halides is 3. The molecule has 1 aliphatic heterocycles. The van der Waals surface area contributed by atoms with Gasteiger partial charge in [-0.3, -0.25) is 0 Å². The number of likely N-dealkylation sites (tertiary alicyclic amines) is 1. The van der Waals surface area contributed by atoms with Gasteiger partial charge in [-0.15, -0.1) is 0 Å². The summed E-state index contributed by atoms with van der Waals surface area (Å²) in [5, 5.41) is 12.2. The van der Waals surface area contributed by atoms with Crippen molar-refractivity contribution >= 4 is 6.03 Å². The van der Waals surface area contributed by atoms with Crippen molar-refractivity contribution in [2.24, 2.45) is 0 Å². The highest BCUT2D eigenvalue weighted by Crippen LogP contribution is 2.38. The van der Waals surface area contributed by atoms with Gasteiger partial charge in [0, 0.05) is 25.9 Å². The maximum absolute atomic E-state index is 12.7. The number of urea groups is 1. The van der Waals surface area contributed by atoms with Crippen LogP contribution in [0.15, 0.2) is 24.3 Å². The number of carbonyl (C=O) groups excluding carboxylic acids is 1. The van der Waals surface area contributed by atoms with Crippen LogP contribution in [-0.4, -0.2) is 54.1 Å². The fourth-order valence-corrected chi connectivity index (χ4v) is 2.44. The maximum atomic E-state index is 12.7. The molecular weight excluding hydrogens is 325 g/mol.